The van der Waals surface area contributed by atoms with Crippen LogP contribution < -0.4 is 16.4 Å². The molecule has 0 fully saturated rings. The van der Waals surface area contributed by atoms with E-state index in [4.69, 9.17) is 28.9 Å². The van der Waals surface area contributed by atoms with Crippen molar-refractivity contribution in [2.24, 2.45) is 0 Å². The Bertz CT molecular complexity index is 686. The van der Waals surface area contributed by atoms with E-state index >= 15 is 0 Å². The number of rotatable bonds is 3. The maximum Gasteiger partial charge on any atom is 0.323 e. The molecule has 2 amide bonds. The van der Waals surface area contributed by atoms with Crippen molar-refractivity contribution in [3.05, 3.63) is 64.3 Å². The highest BCUT2D eigenvalue weighted by Gasteiger charge is 2.02. The molecule has 0 saturated heterocycles. The minimum Gasteiger partial charge on any atom is -0.398 e. The molecule has 0 aliphatic rings. The molecule has 2 aromatic rings. The van der Waals surface area contributed by atoms with Crippen molar-refractivity contribution >= 4 is 46.7 Å². The maximum absolute atomic E-state index is 11.7. The maximum atomic E-state index is 11.7. The van der Waals surface area contributed by atoms with Crippen LogP contribution in [0.2, 0.25) is 10.0 Å². The van der Waals surface area contributed by atoms with Gasteiger partial charge in [-0.2, -0.15) is 0 Å². The van der Waals surface area contributed by atoms with E-state index in [1.807, 2.05) is 18.2 Å². The highest BCUT2D eigenvalue weighted by atomic mass is 35.5. The van der Waals surface area contributed by atoms with Crippen LogP contribution >= 0.6 is 23.2 Å². The molecule has 0 bridgehead atoms. The lowest BCUT2D eigenvalue weighted by molar-refractivity contribution is 0.255. The largest absolute Gasteiger partial charge is 0.398 e. The van der Waals surface area contributed by atoms with E-state index in [9.17, 15) is 4.79 Å². The second kappa shape index (κ2) is 7.02. The van der Waals surface area contributed by atoms with Crippen molar-refractivity contribution in [1.82, 2.24) is 5.32 Å². The lowest BCUT2D eigenvalue weighted by Gasteiger charge is -2.06. The molecule has 21 heavy (non-hydrogen) atoms. The number of benzene rings is 2. The van der Waals surface area contributed by atoms with Crippen molar-refractivity contribution in [3.63, 3.8) is 0 Å². The predicted molar refractivity (Wildman–Crippen MR) is 88.5 cm³/mol. The van der Waals surface area contributed by atoms with Gasteiger partial charge in [0.15, 0.2) is 0 Å². The van der Waals surface area contributed by atoms with Gasteiger partial charge in [0, 0.05) is 16.9 Å². The number of nitrogen functional groups attached to an aromatic ring is 1. The molecular formula is C15H13Cl2N3O. The molecule has 6 heteroatoms. The molecule has 4 N–H and O–H groups in total. The molecule has 0 heterocycles. The van der Waals surface area contributed by atoms with E-state index in [0.717, 1.165) is 5.56 Å². The summed E-state index contributed by atoms with van der Waals surface area (Å²) in [5.41, 5.74) is 7.42. The number of halogens is 2. The Morgan fingerprint density at radius 1 is 1.10 bits per heavy atom. The van der Waals surface area contributed by atoms with Crippen molar-refractivity contribution in [3.8, 4) is 0 Å². The first-order valence-electron chi connectivity index (χ1n) is 6.10. The summed E-state index contributed by atoms with van der Waals surface area (Å²) in [7, 11) is 0. The van der Waals surface area contributed by atoms with Crippen molar-refractivity contribution in [2.45, 2.75) is 0 Å². The van der Waals surface area contributed by atoms with Gasteiger partial charge in [-0.25, -0.2) is 4.79 Å². The van der Waals surface area contributed by atoms with Crippen LogP contribution in [0.4, 0.5) is 16.2 Å². The Kier molecular flexibility index (Phi) is 5.09. The summed E-state index contributed by atoms with van der Waals surface area (Å²) in [6, 6.07) is 11.8. The van der Waals surface area contributed by atoms with Gasteiger partial charge in [-0.1, -0.05) is 41.4 Å². The van der Waals surface area contributed by atoms with E-state index in [-0.39, 0.29) is 6.03 Å². The van der Waals surface area contributed by atoms with Gasteiger partial charge in [0.2, 0.25) is 0 Å². The number of amides is 2. The van der Waals surface area contributed by atoms with Gasteiger partial charge in [0.1, 0.15) is 0 Å². The number of nitrogens with one attached hydrogen (secondary N) is 2. The van der Waals surface area contributed by atoms with Crippen LogP contribution in [0.3, 0.4) is 0 Å². The molecule has 0 aliphatic carbocycles. The third-order valence-corrected chi connectivity index (χ3v) is 3.31. The SMILES string of the molecule is Nc1ccc(NC(=O)N/C=C/c2ccccc2Cl)cc1Cl. The number of hydrogen-bond donors (Lipinski definition) is 3. The quantitative estimate of drug-likeness (QED) is 0.735. The van der Waals surface area contributed by atoms with Gasteiger partial charge in [-0.15, -0.1) is 0 Å². The summed E-state index contributed by atoms with van der Waals surface area (Å²) >= 11 is 11.9. The van der Waals surface area contributed by atoms with Gasteiger partial charge in [0.05, 0.1) is 10.7 Å². The van der Waals surface area contributed by atoms with Crippen molar-refractivity contribution in [2.75, 3.05) is 11.1 Å². The summed E-state index contributed by atoms with van der Waals surface area (Å²) in [6.07, 6.45) is 3.22. The highest BCUT2D eigenvalue weighted by Crippen LogP contribution is 2.22. The molecule has 0 unspecified atom stereocenters. The van der Waals surface area contributed by atoms with Crippen LogP contribution in [0, 0.1) is 0 Å². The Balaban J connectivity index is 1.93. The monoisotopic (exact) mass is 321 g/mol. The number of hydrogen-bond acceptors (Lipinski definition) is 2. The molecule has 0 aliphatic heterocycles. The Labute approximate surface area is 132 Å². The second-order valence-corrected chi connectivity index (χ2v) is 5.00. The zero-order valence-corrected chi connectivity index (χ0v) is 12.4. The summed E-state index contributed by atoms with van der Waals surface area (Å²) in [6.45, 7) is 0. The number of carbonyl (C=O) groups excluding carboxylic acids is 1. The number of urea groups is 1. The number of anilines is 2. The topological polar surface area (TPSA) is 67.1 Å². The molecule has 0 atom stereocenters. The molecule has 108 valence electrons. The lowest BCUT2D eigenvalue weighted by atomic mass is 10.2. The first-order valence-corrected chi connectivity index (χ1v) is 6.85. The summed E-state index contributed by atoms with van der Waals surface area (Å²) in [4.78, 5) is 11.7. The number of nitrogens with two attached hydrogens (primary N) is 1. The van der Waals surface area contributed by atoms with E-state index in [1.54, 1.807) is 30.3 Å². The fourth-order valence-corrected chi connectivity index (χ4v) is 1.97. The molecule has 0 radical (unpaired) electrons. The third-order valence-electron chi connectivity index (χ3n) is 2.64. The van der Waals surface area contributed by atoms with E-state index in [2.05, 4.69) is 10.6 Å². The number of carbonyl (C=O) groups is 1. The molecule has 2 aromatic carbocycles. The predicted octanol–water partition coefficient (Wildman–Crippen LogP) is 4.37. The normalized spacial score (nSPS) is 10.6. The lowest BCUT2D eigenvalue weighted by Crippen LogP contribution is -2.23. The van der Waals surface area contributed by atoms with Crippen LogP contribution in [-0.2, 0) is 0 Å². The molecular weight excluding hydrogens is 309 g/mol. The van der Waals surface area contributed by atoms with E-state index in [1.165, 1.54) is 6.20 Å². The van der Waals surface area contributed by atoms with Crippen molar-refractivity contribution in [1.29, 1.82) is 0 Å². The van der Waals surface area contributed by atoms with Gasteiger partial charge in [0.25, 0.3) is 0 Å². The van der Waals surface area contributed by atoms with Crippen LogP contribution in [0.25, 0.3) is 6.08 Å². The van der Waals surface area contributed by atoms with Crippen LogP contribution in [0.1, 0.15) is 5.56 Å². The zero-order chi connectivity index (χ0) is 15.2. The van der Waals surface area contributed by atoms with Crippen LogP contribution in [-0.4, -0.2) is 6.03 Å². The highest BCUT2D eigenvalue weighted by molar-refractivity contribution is 6.33. The van der Waals surface area contributed by atoms with Gasteiger partial charge in [-0.3, -0.25) is 0 Å². The smallest absolute Gasteiger partial charge is 0.323 e. The minimum atomic E-state index is -0.390. The third kappa shape index (κ3) is 4.41. The second-order valence-electron chi connectivity index (χ2n) is 4.19. The minimum absolute atomic E-state index is 0.388. The molecule has 0 spiro atoms. The van der Waals surface area contributed by atoms with Gasteiger partial charge in [-0.05, 0) is 35.9 Å². The Morgan fingerprint density at radius 2 is 1.86 bits per heavy atom. The van der Waals surface area contributed by atoms with Crippen LogP contribution in [0.15, 0.2) is 48.7 Å². The molecule has 4 nitrogen and oxygen atoms in total. The van der Waals surface area contributed by atoms with Crippen molar-refractivity contribution < 1.29 is 4.79 Å². The Hall–Kier alpha value is -2.17. The molecule has 0 aromatic heterocycles. The fraction of sp³-hybridized carbons (Fsp3) is 0. The fourth-order valence-electron chi connectivity index (χ4n) is 1.59. The zero-order valence-electron chi connectivity index (χ0n) is 10.9. The van der Waals surface area contributed by atoms with Gasteiger partial charge >= 0.3 is 6.03 Å². The standard InChI is InChI=1S/C15H13Cl2N3O/c16-12-4-2-1-3-10(12)7-8-19-15(21)20-11-5-6-14(18)13(17)9-11/h1-9H,18H2,(H2,19,20,21)/b8-7+. The van der Waals surface area contributed by atoms with E-state index < -0.39 is 0 Å². The average Bonchev–Trinajstić information content (AvgIpc) is 2.45. The summed E-state index contributed by atoms with van der Waals surface area (Å²) in [5.74, 6) is 0. The van der Waals surface area contributed by atoms with Crippen LogP contribution in [0.5, 0.6) is 0 Å². The Morgan fingerprint density at radius 3 is 2.57 bits per heavy atom. The molecule has 2 rings (SSSR count). The summed E-state index contributed by atoms with van der Waals surface area (Å²) < 4.78 is 0. The summed E-state index contributed by atoms with van der Waals surface area (Å²) in [5, 5.41) is 6.21. The first kappa shape index (κ1) is 15.2. The van der Waals surface area contributed by atoms with Gasteiger partial charge < -0.3 is 16.4 Å². The molecule has 0 saturated carbocycles. The average molecular weight is 322 g/mol. The van der Waals surface area contributed by atoms with E-state index in [0.29, 0.717) is 21.4 Å². The first-order chi connectivity index (χ1) is 10.1.